The number of carbonyl (C=O) groups is 1. The summed E-state index contributed by atoms with van der Waals surface area (Å²) in [6.45, 7) is 1.89. The Labute approximate surface area is 130 Å². The molecule has 0 aliphatic rings. The fraction of sp³-hybridized carbons (Fsp3) is 0.133. The van der Waals surface area contributed by atoms with Crippen LogP contribution in [0, 0.1) is 6.92 Å². The molecule has 0 radical (unpaired) electrons. The number of aryl methyl sites for hydroxylation is 2. The fourth-order valence-electron chi connectivity index (χ4n) is 2.22. The van der Waals surface area contributed by atoms with Crippen molar-refractivity contribution in [3.63, 3.8) is 0 Å². The fourth-order valence-corrected chi connectivity index (χ4v) is 2.67. The predicted octanol–water partition coefficient (Wildman–Crippen LogP) is 3.29. The summed E-state index contributed by atoms with van der Waals surface area (Å²) in [6.07, 6.45) is 1.65. The normalized spacial score (nSPS) is 10.8. The smallest absolute Gasteiger partial charge is 0.277 e. The van der Waals surface area contributed by atoms with Gasteiger partial charge in [-0.05, 0) is 40.5 Å². The first-order valence-electron chi connectivity index (χ1n) is 6.41. The molecule has 0 saturated carbocycles. The number of para-hydroxylation sites is 1. The number of halogens is 1. The molecule has 0 aliphatic carbocycles. The highest BCUT2D eigenvalue weighted by Crippen LogP contribution is 2.20. The monoisotopic (exact) mass is 344 g/mol. The van der Waals surface area contributed by atoms with Crippen LogP contribution in [0.5, 0.6) is 0 Å². The van der Waals surface area contributed by atoms with E-state index in [-0.39, 0.29) is 5.91 Å². The van der Waals surface area contributed by atoms with Crippen LogP contribution in [-0.2, 0) is 7.05 Å². The molecule has 3 aromatic rings. The van der Waals surface area contributed by atoms with E-state index in [1.54, 1.807) is 10.9 Å². The maximum atomic E-state index is 12.4. The average molecular weight is 345 g/mol. The quantitative estimate of drug-likeness (QED) is 0.775. The van der Waals surface area contributed by atoms with Crippen molar-refractivity contribution in [2.75, 3.05) is 5.32 Å². The van der Waals surface area contributed by atoms with E-state index in [2.05, 4.69) is 31.3 Å². The Kier molecular flexibility index (Phi) is 3.47. The lowest BCUT2D eigenvalue weighted by Gasteiger charge is -2.06. The van der Waals surface area contributed by atoms with Gasteiger partial charge in [0.2, 0.25) is 0 Å². The summed E-state index contributed by atoms with van der Waals surface area (Å²) in [7, 11) is 1.82. The Bertz CT molecular complexity index is 841. The summed E-state index contributed by atoms with van der Waals surface area (Å²) < 4.78 is 2.58. The molecule has 0 bridgehead atoms. The summed E-state index contributed by atoms with van der Waals surface area (Å²) in [5, 5.41) is 7.94. The maximum Gasteiger partial charge on any atom is 0.277 e. The Balaban J connectivity index is 1.98. The van der Waals surface area contributed by atoms with Gasteiger partial charge in [-0.1, -0.05) is 18.2 Å². The SMILES string of the molecule is Cc1cc(Br)cnc1NC(=O)c1nn(C)c2ccccc12. The number of aromatic nitrogens is 3. The first-order valence-corrected chi connectivity index (χ1v) is 7.21. The van der Waals surface area contributed by atoms with Crippen LogP contribution in [0.4, 0.5) is 5.82 Å². The molecule has 1 aromatic carbocycles. The molecule has 1 N–H and O–H groups in total. The van der Waals surface area contributed by atoms with Gasteiger partial charge in [-0.2, -0.15) is 5.10 Å². The first kappa shape index (κ1) is 13.8. The molecule has 1 amide bonds. The molecule has 0 unspecified atom stereocenters. The summed E-state index contributed by atoms with van der Waals surface area (Å²) in [5.74, 6) is 0.280. The lowest BCUT2D eigenvalue weighted by atomic mass is 10.2. The number of hydrogen-bond donors (Lipinski definition) is 1. The summed E-state index contributed by atoms with van der Waals surface area (Å²) in [5.41, 5.74) is 2.21. The highest BCUT2D eigenvalue weighted by atomic mass is 79.9. The molecule has 0 saturated heterocycles. The number of pyridine rings is 1. The van der Waals surface area contributed by atoms with E-state index >= 15 is 0 Å². The zero-order valence-electron chi connectivity index (χ0n) is 11.6. The Morgan fingerprint density at radius 2 is 2.10 bits per heavy atom. The van der Waals surface area contributed by atoms with Crippen LogP contribution in [0.1, 0.15) is 16.1 Å². The van der Waals surface area contributed by atoms with Gasteiger partial charge in [0, 0.05) is 23.1 Å². The topological polar surface area (TPSA) is 59.8 Å². The van der Waals surface area contributed by atoms with Crippen molar-refractivity contribution >= 4 is 38.6 Å². The molecular formula is C15H13BrN4O. The van der Waals surface area contributed by atoms with Gasteiger partial charge in [0.05, 0.1) is 5.52 Å². The molecular weight excluding hydrogens is 332 g/mol. The highest BCUT2D eigenvalue weighted by molar-refractivity contribution is 9.10. The molecule has 2 heterocycles. The van der Waals surface area contributed by atoms with E-state index in [4.69, 9.17) is 0 Å². The van der Waals surface area contributed by atoms with Gasteiger partial charge in [-0.3, -0.25) is 9.48 Å². The van der Waals surface area contributed by atoms with Gasteiger partial charge in [0.15, 0.2) is 5.69 Å². The van der Waals surface area contributed by atoms with Gasteiger partial charge < -0.3 is 5.32 Å². The number of carbonyl (C=O) groups excluding carboxylic acids is 1. The van der Waals surface area contributed by atoms with Gasteiger partial charge in [0.1, 0.15) is 5.82 Å². The van der Waals surface area contributed by atoms with Crippen molar-refractivity contribution in [3.05, 3.63) is 52.3 Å². The molecule has 21 heavy (non-hydrogen) atoms. The third-order valence-corrected chi connectivity index (χ3v) is 3.68. The summed E-state index contributed by atoms with van der Waals surface area (Å²) >= 11 is 3.35. The van der Waals surface area contributed by atoms with Gasteiger partial charge >= 0.3 is 0 Å². The molecule has 5 nitrogen and oxygen atoms in total. The third-order valence-electron chi connectivity index (χ3n) is 3.25. The lowest BCUT2D eigenvalue weighted by molar-refractivity contribution is 0.102. The van der Waals surface area contributed by atoms with Crippen LogP contribution in [0.2, 0.25) is 0 Å². The first-order chi connectivity index (χ1) is 10.1. The maximum absolute atomic E-state index is 12.4. The van der Waals surface area contributed by atoms with E-state index in [1.807, 2.05) is 44.3 Å². The lowest BCUT2D eigenvalue weighted by Crippen LogP contribution is -2.15. The summed E-state index contributed by atoms with van der Waals surface area (Å²) in [6, 6.07) is 9.54. The van der Waals surface area contributed by atoms with Crippen molar-refractivity contribution in [2.45, 2.75) is 6.92 Å². The van der Waals surface area contributed by atoms with Crippen molar-refractivity contribution in [2.24, 2.45) is 7.05 Å². The number of anilines is 1. The van der Waals surface area contributed by atoms with E-state index in [0.29, 0.717) is 11.5 Å². The van der Waals surface area contributed by atoms with E-state index in [9.17, 15) is 4.79 Å². The van der Waals surface area contributed by atoms with Gasteiger partial charge in [-0.15, -0.1) is 0 Å². The summed E-state index contributed by atoms with van der Waals surface area (Å²) in [4.78, 5) is 16.7. The van der Waals surface area contributed by atoms with Crippen LogP contribution in [0.3, 0.4) is 0 Å². The van der Waals surface area contributed by atoms with Crippen molar-refractivity contribution in [1.29, 1.82) is 0 Å². The Hall–Kier alpha value is -2.21. The zero-order chi connectivity index (χ0) is 15.0. The highest BCUT2D eigenvalue weighted by Gasteiger charge is 2.16. The number of amides is 1. The second kappa shape index (κ2) is 5.29. The van der Waals surface area contributed by atoms with E-state index in [1.165, 1.54) is 0 Å². The van der Waals surface area contributed by atoms with Crippen LogP contribution in [0.25, 0.3) is 10.9 Å². The molecule has 0 fully saturated rings. The molecule has 0 aliphatic heterocycles. The standard InChI is InChI=1S/C15H13BrN4O/c1-9-7-10(16)8-17-14(9)18-15(21)13-11-5-3-4-6-12(11)20(2)19-13/h3-8H,1-2H3,(H,17,18,21). The molecule has 0 spiro atoms. The predicted molar refractivity (Wildman–Crippen MR) is 85.3 cm³/mol. The Morgan fingerprint density at radius 1 is 1.33 bits per heavy atom. The van der Waals surface area contributed by atoms with Crippen molar-refractivity contribution in [1.82, 2.24) is 14.8 Å². The minimum atomic E-state index is -0.260. The number of nitrogens with one attached hydrogen (secondary N) is 1. The number of benzene rings is 1. The van der Waals surface area contributed by atoms with E-state index < -0.39 is 0 Å². The number of rotatable bonds is 2. The van der Waals surface area contributed by atoms with Crippen LogP contribution in [0.15, 0.2) is 41.0 Å². The molecule has 3 rings (SSSR count). The number of hydrogen-bond acceptors (Lipinski definition) is 3. The van der Waals surface area contributed by atoms with Crippen LogP contribution < -0.4 is 5.32 Å². The molecule has 0 atom stereocenters. The van der Waals surface area contributed by atoms with Gasteiger partial charge in [0.25, 0.3) is 5.91 Å². The van der Waals surface area contributed by atoms with Crippen LogP contribution >= 0.6 is 15.9 Å². The van der Waals surface area contributed by atoms with E-state index in [0.717, 1.165) is 20.9 Å². The second-order valence-corrected chi connectivity index (χ2v) is 5.68. The minimum absolute atomic E-state index is 0.260. The van der Waals surface area contributed by atoms with Crippen LogP contribution in [-0.4, -0.2) is 20.7 Å². The Morgan fingerprint density at radius 3 is 2.86 bits per heavy atom. The number of fused-ring (bicyclic) bond motifs is 1. The largest absolute Gasteiger partial charge is 0.305 e. The minimum Gasteiger partial charge on any atom is -0.305 e. The van der Waals surface area contributed by atoms with Gasteiger partial charge in [-0.25, -0.2) is 4.98 Å². The molecule has 106 valence electrons. The zero-order valence-corrected chi connectivity index (χ0v) is 13.2. The average Bonchev–Trinajstić information content (AvgIpc) is 2.80. The molecule has 6 heteroatoms. The van der Waals surface area contributed by atoms with Crippen molar-refractivity contribution in [3.8, 4) is 0 Å². The second-order valence-electron chi connectivity index (χ2n) is 4.76. The van der Waals surface area contributed by atoms with Crippen molar-refractivity contribution < 1.29 is 4.79 Å². The third kappa shape index (κ3) is 2.54. The molecule has 2 aromatic heterocycles. The number of nitrogens with zero attached hydrogens (tertiary/aromatic N) is 3.